The number of nitriles is 1. The fraction of sp³-hybridized carbons (Fsp3) is 0.333. The molecule has 0 heterocycles. The summed E-state index contributed by atoms with van der Waals surface area (Å²) in [5.41, 5.74) is 2.52. The van der Waals surface area contributed by atoms with Crippen molar-refractivity contribution in [1.82, 2.24) is 5.32 Å². The first-order valence-corrected chi connectivity index (χ1v) is 4.83. The van der Waals surface area contributed by atoms with E-state index in [1.54, 1.807) is 6.92 Å². The van der Waals surface area contributed by atoms with E-state index in [-0.39, 0.29) is 5.91 Å². The molecule has 0 aliphatic heterocycles. The van der Waals surface area contributed by atoms with Gasteiger partial charge in [0.2, 0.25) is 0 Å². The molecule has 1 atom stereocenters. The number of rotatable bonds is 2. The molecule has 1 rings (SSSR count). The van der Waals surface area contributed by atoms with E-state index in [9.17, 15) is 4.79 Å². The maximum Gasteiger partial charge on any atom is 0.252 e. The van der Waals surface area contributed by atoms with Crippen molar-refractivity contribution in [2.45, 2.75) is 26.8 Å². The Morgan fingerprint density at radius 3 is 2.40 bits per heavy atom. The highest BCUT2D eigenvalue weighted by Gasteiger charge is 2.13. The van der Waals surface area contributed by atoms with Gasteiger partial charge in [0.05, 0.1) is 6.07 Å². The Bertz CT molecular complexity index is 398. The third-order valence-electron chi connectivity index (χ3n) is 2.25. The zero-order chi connectivity index (χ0) is 11.4. The van der Waals surface area contributed by atoms with Crippen LogP contribution in [0.4, 0.5) is 0 Å². The van der Waals surface area contributed by atoms with Crippen molar-refractivity contribution >= 4 is 5.91 Å². The lowest BCUT2D eigenvalue weighted by Crippen LogP contribution is -2.32. The molecular formula is C12H14N2O. The minimum atomic E-state index is -0.462. The lowest BCUT2D eigenvalue weighted by atomic mass is 10.0. The standard InChI is InChI=1S/C12H14N2O/c1-8-5-4-6-9(2)11(8)12(15)14-10(3)7-13/h4-6,10H,1-3H3,(H,14,15). The summed E-state index contributed by atoms with van der Waals surface area (Å²) in [6, 6.07) is 7.20. The van der Waals surface area contributed by atoms with E-state index in [0.29, 0.717) is 5.56 Å². The highest BCUT2D eigenvalue weighted by molar-refractivity contribution is 5.97. The second-order valence-electron chi connectivity index (χ2n) is 3.59. The van der Waals surface area contributed by atoms with E-state index in [1.807, 2.05) is 38.1 Å². The molecule has 0 aliphatic rings. The fourth-order valence-electron chi connectivity index (χ4n) is 1.47. The second-order valence-corrected chi connectivity index (χ2v) is 3.59. The predicted octanol–water partition coefficient (Wildman–Crippen LogP) is 1.95. The van der Waals surface area contributed by atoms with Crippen molar-refractivity contribution in [2.75, 3.05) is 0 Å². The van der Waals surface area contributed by atoms with Crippen LogP contribution < -0.4 is 5.32 Å². The van der Waals surface area contributed by atoms with Crippen LogP contribution >= 0.6 is 0 Å². The van der Waals surface area contributed by atoms with Gasteiger partial charge in [-0.3, -0.25) is 4.79 Å². The average molecular weight is 202 g/mol. The highest BCUT2D eigenvalue weighted by Crippen LogP contribution is 2.12. The van der Waals surface area contributed by atoms with Crippen LogP contribution in [0.25, 0.3) is 0 Å². The van der Waals surface area contributed by atoms with Crippen molar-refractivity contribution in [2.24, 2.45) is 0 Å². The van der Waals surface area contributed by atoms with Crippen LogP contribution in [-0.2, 0) is 0 Å². The van der Waals surface area contributed by atoms with Gasteiger partial charge in [-0.1, -0.05) is 18.2 Å². The predicted molar refractivity (Wildman–Crippen MR) is 58.5 cm³/mol. The maximum absolute atomic E-state index is 11.8. The van der Waals surface area contributed by atoms with Gasteiger partial charge in [-0.2, -0.15) is 5.26 Å². The molecule has 1 unspecified atom stereocenters. The topological polar surface area (TPSA) is 52.9 Å². The molecule has 0 fully saturated rings. The molecule has 1 amide bonds. The molecule has 1 aromatic carbocycles. The molecule has 1 N–H and O–H groups in total. The number of carbonyl (C=O) groups is 1. The van der Waals surface area contributed by atoms with E-state index in [1.165, 1.54) is 0 Å². The monoisotopic (exact) mass is 202 g/mol. The van der Waals surface area contributed by atoms with Gasteiger partial charge in [0.1, 0.15) is 6.04 Å². The van der Waals surface area contributed by atoms with Crippen LogP contribution in [0.1, 0.15) is 28.4 Å². The quantitative estimate of drug-likeness (QED) is 0.796. The molecule has 0 spiro atoms. The Balaban J connectivity index is 2.97. The molecule has 3 heteroatoms. The molecular weight excluding hydrogens is 188 g/mol. The van der Waals surface area contributed by atoms with Crippen molar-refractivity contribution in [3.05, 3.63) is 34.9 Å². The van der Waals surface area contributed by atoms with Gasteiger partial charge < -0.3 is 5.32 Å². The second kappa shape index (κ2) is 4.61. The smallest absolute Gasteiger partial charge is 0.252 e. The number of carbonyl (C=O) groups excluding carboxylic acids is 1. The van der Waals surface area contributed by atoms with Crippen molar-refractivity contribution < 1.29 is 4.79 Å². The minimum Gasteiger partial charge on any atom is -0.337 e. The first-order chi connectivity index (χ1) is 7.06. The summed E-state index contributed by atoms with van der Waals surface area (Å²) < 4.78 is 0. The summed E-state index contributed by atoms with van der Waals surface area (Å²) in [6.45, 7) is 5.43. The maximum atomic E-state index is 11.8. The zero-order valence-corrected chi connectivity index (χ0v) is 9.16. The molecule has 78 valence electrons. The average Bonchev–Trinajstić information content (AvgIpc) is 2.17. The summed E-state index contributed by atoms with van der Waals surface area (Å²) in [7, 11) is 0. The molecule has 1 aromatic rings. The van der Waals surface area contributed by atoms with Gasteiger partial charge in [0.15, 0.2) is 0 Å². The van der Waals surface area contributed by atoms with E-state index in [0.717, 1.165) is 11.1 Å². The summed E-state index contributed by atoms with van der Waals surface area (Å²) in [5.74, 6) is -0.181. The Kier molecular flexibility index (Phi) is 3.46. The minimum absolute atomic E-state index is 0.181. The Morgan fingerprint density at radius 2 is 1.93 bits per heavy atom. The summed E-state index contributed by atoms with van der Waals surface area (Å²) in [5, 5.41) is 11.2. The molecule has 15 heavy (non-hydrogen) atoms. The molecule has 0 saturated carbocycles. The van der Waals surface area contributed by atoms with Crippen LogP contribution in [0.3, 0.4) is 0 Å². The van der Waals surface area contributed by atoms with Crippen LogP contribution in [0.15, 0.2) is 18.2 Å². The van der Waals surface area contributed by atoms with E-state index in [2.05, 4.69) is 5.32 Å². The highest BCUT2D eigenvalue weighted by atomic mass is 16.1. The number of hydrogen-bond acceptors (Lipinski definition) is 2. The first kappa shape index (κ1) is 11.3. The number of benzene rings is 1. The molecule has 0 saturated heterocycles. The molecule has 0 radical (unpaired) electrons. The SMILES string of the molecule is Cc1cccc(C)c1C(=O)NC(C)C#N. The summed E-state index contributed by atoms with van der Waals surface area (Å²) >= 11 is 0. The van der Waals surface area contributed by atoms with Crippen LogP contribution in [0.5, 0.6) is 0 Å². The normalized spacial score (nSPS) is 11.6. The Hall–Kier alpha value is -1.82. The molecule has 0 aliphatic carbocycles. The Labute approximate surface area is 89.7 Å². The number of hydrogen-bond donors (Lipinski definition) is 1. The largest absolute Gasteiger partial charge is 0.337 e. The van der Waals surface area contributed by atoms with E-state index >= 15 is 0 Å². The van der Waals surface area contributed by atoms with Crippen LogP contribution in [-0.4, -0.2) is 11.9 Å². The zero-order valence-electron chi connectivity index (χ0n) is 9.16. The number of amides is 1. The van der Waals surface area contributed by atoms with Gasteiger partial charge in [0.25, 0.3) is 5.91 Å². The number of nitrogens with zero attached hydrogens (tertiary/aromatic N) is 1. The van der Waals surface area contributed by atoms with Gasteiger partial charge in [-0.25, -0.2) is 0 Å². The number of nitrogens with one attached hydrogen (secondary N) is 1. The Morgan fingerprint density at radius 1 is 1.40 bits per heavy atom. The lowest BCUT2D eigenvalue weighted by Gasteiger charge is -2.11. The molecule has 0 aromatic heterocycles. The summed E-state index contributed by atoms with van der Waals surface area (Å²) in [6.07, 6.45) is 0. The first-order valence-electron chi connectivity index (χ1n) is 4.83. The van der Waals surface area contributed by atoms with Gasteiger partial charge >= 0.3 is 0 Å². The van der Waals surface area contributed by atoms with Crippen molar-refractivity contribution in [1.29, 1.82) is 5.26 Å². The van der Waals surface area contributed by atoms with Crippen molar-refractivity contribution in [3.63, 3.8) is 0 Å². The van der Waals surface area contributed by atoms with Gasteiger partial charge in [-0.15, -0.1) is 0 Å². The number of aryl methyl sites for hydroxylation is 2. The van der Waals surface area contributed by atoms with E-state index in [4.69, 9.17) is 5.26 Å². The summed E-state index contributed by atoms with van der Waals surface area (Å²) in [4.78, 5) is 11.8. The third-order valence-corrected chi connectivity index (χ3v) is 2.25. The molecule has 0 bridgehead atoms. The lowest BCUT2D eigenvalue weighted by molar-refractivity contribution is 0.0946. The fourth-order valence-corrected chi connectivity index (χ4v) is 1.47. The van der Waals surface area contributed by atoms with Gasteiger partial charge in [-0.05, 0) is 31.9 Å². The van der Waals surface area contributed by atoms with Crippen molar-refractivity contribution in [3.8, 4) is 6.07 Å². The third kappa shape index (κ3) is 2.57. The van der Waals surface area contributed by atoms with Crippen LogP contribution in [0.2, 0.25) is 0 Å². The van der Waals surface area contributed by atoms with Crippen LogP contribution in [0, 0.1) is 25.2 Å². The van der Waals surface area contributed by atoms with Gasteiger partial charge in [0, 0.05) is 5.56 Å². The van der Waals surface area contributed by atoms with E-state index < -0.39 is 6.04 Å². The molecule has 3 nitrogen and oxygen atoms in total.